The molecule has 0 bridgehead atoms. The molecule has 5 nitrogen and oxygen atoms in total. The molecular weight excluding hydrogens is 304 g/mol. The quantitative estimate of drug-likeness (QED) is 0.521. The lowest BCUT2D eigenvalue weighted by atomic mass is 10.1. The van der Waals surface area contributed by atoms with Crippen LogP contribution in [0.5, 0.6) is 0 Å². The summed E-state index contributed by atoms with van der Waals surface area (Å²) >= 11 is 5.36. The highest BCUT2D eigenvalue weighted by atomic mass is 35.5. The molecule has 6 heteroatoms. The third-order valence-corrected chi connectivity index (χ3v) is 3.61. The fraction of sp³-hybridized carbons (Fsp3) is 0.188. The lowest BCUT2D eigenvalue weighted by Gasteiger charge is -2.13. The number of nitrogens with zero attached hydrogens (tertiary/aromatic N) is 2. The minimum absolute atomic E-state index is 0.187. The highest BCUT2D eigenvalue weighted by Gasteiger charge is 2.20. The zero-order valence-corrected chi connectivity index (χ0v) is 12.5. The van der Waals surface area contributed by atoms with Crippen LogP contribution in [0, 0.1) is 11.3 Å². The first-order chi connectivity index (χ1) is 10.5. The number of rotatable bonds is 5. The Labute approximate surface area is 132 Å². The average Bonchev–Trinajstić information content (AvgIpc) is 2.84. The molecule has 0 aliphatic heterocycles. The van der Waals surface area contributed by atoms with E-state index in [0.29, 0.717) is 12.0 Å². The van der Waals surface area contributed by atoms with E-state index in [-0.39, 0.29) is 5.57 Å². The largest absolute Gasteiger partial charge is 0.480 e. The minimum atomic E-state index is -0.937. The molecule has 112 valence electrons. The number of fused-ring (bicyclic) bond motifs is 1. The van der Waals surface area contributed by atoms with Gasteiger partial charge < -0.3 is 9.67 Å². The van der Waals surface area contributed by atoms with Gasteiger partial charge in [-0.2, -0.15) is 5.26 Å². The van der Waals surface area contributed by atoms with Gasteiger partial charge in [-0.1, -0.05) is 25.1 Å². The summed E-state index contributed by atoms with van der Waals surface area (Å²) < 4.78 is 1.64. The van der Waals surface area contributed by atoms with Crippen molar-refractivity contribution in [2.75, 3.05) is 0 Å². The average molecular weight is 317 g/mol. The van der Waals surface area contributed by atoms with E-state index in [2.05, 4.69) is 0 Å². The molecule has 1 unspecified atom stereocenters. The van der Waals surface area contributed by atoms with Gasteiger partial charge >= 0.3 is 5.97 Å². The van der Waals surface area contributed by atoms with Gasteiger partial charge in [-0.05, 0) is 30.2 Å². The fourth-order valence-corrected chi connectivity index (χ4v) is 2.48. The Bertz CT molecular complexity index is 814. The highest BCUT2D eigenvalue weighted by Crippen LogP contribution is 2.28. The summed E-state index contributed by atoms with van der Waals surface area (Å²) in [4.78, 5) is 22.6. The molecule has 0 spiro atoms. The van der Waals surface area contributed by atoms with Gasteiger partial charge in [0.15, 0.2) is 0 Å². The second-order valence-corrected chi connectivity index (χ2v) is 5.06. The van der Waals surface area contributed by atoms with Gasteiger partial charge in [0.25, 0.3) is 5.24 Å². The van der Waals surface area contributed by atoms with Crippen molar-refractivity contribution < 1.29 is 14.7 Å². The summed E-state index contributed by atoms with van der Waals surface area (Å²) in [5, 5.41) is 18.2. The van der Waals surface area contributed by atoms with E-state index in [1.165, 1.54) is 6.08 Å². The lowest BCUT2D eigenvalue weighted by molar-refractivity contribution is -0.140. The number of benzene rings is 1. The number of aliphatic carboxylic acids is 1. The van der Waals surface area contributed by atoms with E-state index >= 15 is 0 Å². The maximum atomic E-state index is 11.4. The van der Waals surface area contributed by atoms with Crippen molar-refractivity contribution in [1.82, 2.24) is 4.57 Å². The number of halogens is 1. The van der Waals surface area contributed by atoms with E-state index in [1.807, 2.05) is 0 Å². The molecule has 0 radical (unpaired) electrons. The number of nitriles is 1. The standard InChI is InChI=1S/C16H13ClN2O3/c1-2-13(16(21)22)19-9-11(7-10(8-18)15(17)20)12-5-3-4-6-14(12)19/h3-7,9,13H,2H2,1H3,(H,21,22)/b10-7+. The smallest absolute Gasteiger partial charge is 0.326 e. The number of carboxylic acids is 1. The predicted octanol–water partition coefficient (Wildman–Crippen LogP) is 3.35. The van der Waals surface area contributed by atoms with Crippen molar-refractivity contribution in [2.24, 2.45) is 0 Å². The Hall–Kier alpha value is -2.58. The number of allylic oxidation sites excluding steroid dienone is 1. The summed E-state index contributed by atoms with van der Waals surface area (Å²) in [6, 6.07) is 8.24. The molecule has 1 aromatic heterocycles. The second-order valence-electron chi connectivity index (χ2n) is 4.71. The molecule has 1 atom stereocenters. The van der Waals surface area contributed by atoms with Crippen LogP contribution < -0.4 is 0 Å². The van der Waals surface area contributed by atoms with Gasteiger partial charge in [-0.15, -0.1) is 0 Å². The number of carbonyl (C=O) groups is 2. The zero-order chi connectivity index (χ0) is 16.3. The van der Waals surface area contributed by atoms with Crippen molar-refractivity contribution in [3.05, 3.63) is 41.6 Å². The van der Waals surface area contributed by atoms with Crippen molar-refractivity contribution in [2.45, 2.75) is 19.4 Å². The third kappa shape index (κ3) is 2.87. The molecular formula is C16H13ClN2O3. The Morgan fingerprint density at radius 3 is 2.68 bits per heavy atom. The third-order valence-electron chi connectivity index (χ3n) is 3.41. The van der Waals surface area contributed by atoms with E-state index < -0.39 is 17.3 Å². The molecule has 2 rings (SSSR count). The molecule has 0 fully saturated rings. The van der Waals surface area contributed by atoms with Crippen molar-refractivity contribution in [3.63, 3.8) is 0 Å². The van der Waals surface area contributed by atoms with Crippen LogP contribution in [0.3, 0.4) is 0 Å². The molecule has 1 aromatic carbocycles. The Morgan fingerprint density at radius 1 is 1.45 bits per heavy atom. The van der Waals surface area contributed by atoms with Crippen LogP contribution in [0.4, 0.5) is 0 Å². The Kier molecular flexibility index (Phi) is 4.64. The summed E-state index contributed by atoms with van der Waals surface area (Å²) in [6.07, 6.45) is 3.42. The zero-order valence-electron chi connectivity index (χ0n) is 11.8. The molecule has 0 saturated carbocycles. The van der Waals surface area contributed by atoms with E-state index in [0.717, 1.165) is 10.9 Å². The molecule has 0 aliphatic carbocycles. The maximum absolute atomic E-state index is 11.4. The Morgan fingerprint density at radius 2 is 2.14 bits per heavy atom. The summed E-state index contributed by atoms with van der Waals surface area (Å²) in [5.74, 6) is -0.937. The van der Waals surface area contributed by atoms with Gasteiger partial charge in [0.1, 0.15) is 17.7 Å². The summed E-state index contributed by atoms with van der Waals surface area (Å²) in [5.41, 5.74) is 1.12. The van der Waals surface area contributed by atoms with Crippen molar-refractivity contribution in [3.8, 4) is 6.07 Å². The van der Waals surface area contributed by atoms with Gasteiger partial charge in [0.05, 0.1) is 0 Å². The first kappa shape index (κ1) is 15.8. The number of hydrogen-bond acceptors (Lipinski definition) is 3. The van der Waals surface area contributed by atoms with Crippen LogP contribution in [0.25, 0.3) is 17.0 Å². The van der Waals surface area contributed by atoms with Crippen molar-refractivity contribution >= 4 is 39.8 Å². The van der Waals surface area contributed by atoms with Crippen LogP contribution in [-0.2, 0) is 9.59 Å². The topological polar surface area (TPSA) is 83.1 Å². The second kappa shape index (κ2) is 6.46. The molecule has 0 saturated heterocycles. The molecule has 0 amide bonds. The van der Waals surface area contributed by atoms with Crippen LogP contribution in [-0.4, -0.2) is 20.9 Å². The van der Waals surface area contributed by atoms with E-state index in [1.54, 1.807) is 48.0 Å². The molecule has 0 aliphatic rings. The number of hydrogen-bond donors (Lipinski definition) is 1. The van der Waals surface area contributed by atoms with E-state index in [4.69, 9.17) is 16.9 Å². The maximum Gasteiger partial charge on any atom is 0.326 e. The minimum Gasteiger partial charge on any atom is -0.480 e. The molecule has 22 heavy (non-hydrogen) atoms. The number of aromatic nitrogens is 1. The van der Waals surface area contributed by atoms with Crippen LogP contribution in [0.15, 0.2) is 36.0 Å². The van der Waals surface area contributed by atoms with Gasteiger partial charge in [-0.3, -0.25) is 4.79 Å². The Balaban J connectivity index is 2.70. The predicted molar refractivity (Wildman–Crippen MR) is 83.4 cm³/mol. The monoisotopic (exact) mass is 316 g/mol. The van der Waals surface area contributed by atoms with Crippen LogP contribution in [0.2, 0.25) is 0 Å². The SMILES string of the molecule is CCC(C(=O)O)n1cc(/C=C(\C#N)C(=O)Cl)c2ccccc21. The number of para-hydroxylation sites is 1. The molecule has 2 aromatic rings. The van der Waals surface area contributed by atoms with Gasteiger partial charge in [0.2, 0.25) is 0 Å². The molecule has 1 heterocycles. The van der Waals surface area contributed by atoms with Crippen molar-refractivity contribution in [1.29, 1.82) is 5.26 Å². The van der Waals surface area contributed by atoms with Gasteiger partial charge in [-0.25, -0.2) is 4.79 Å². The lowest BCUT2D eigenvalue weighted by Crippen LogP contribution is -2.17. The number of carboxylic acid groups (broad SMARTS) is 1. The highest BCUT2D eigenvalue weighted by molar-refractivity contribution is 6.68. The fourth-order valence-electron chi connectivity index (χ4n) is 2.38. The normalized spacial score (nSPS) is 12.9. The summed E-state index contributed by atoms with van der Waals surface area (Å²) in [7, 11) is 0. The van der Waals surface area contributed by atoms with Gasteiger partial charge in [0, 0.05) is 22.7 Å². The first-order valence-corrected chi connectivity index (χ1v) is 7.01. The molecule has 1 N–H and O–H groups in total. The van der Waals surface area contributed by atoms with Crippen LogP contribution in [0.1, 0.15) is 24.9 Å². The van der Waals surface area contributed by atoms with E-state index in [9.17, 15) is 14.7 Å². The summed E-state index contributed by atoms with van der Waals surface area (Å²) in [6.45, 7) is 1.78. The first-order valence-electron chi connectivity index (χ1n) is 6.63. The number of carbonyl (C=O) groups excluding carboxylic acids is 1. The van der Waals surface area contributed by atoms with Crippen LogP contribution >= 0.6 is 11.6 Å².